The Kier molecular flexibility index (Phi) is 5.71. The number of carbonyl (C=O) groups excluding carboxylic acids is 1. The molecule has 6 nitrogen and oxygen atoms in total. The summed E-state index contributed by atoms with van der Waals surface area (Å²) in [6.45, 7) is 7.85. The quantitative estimate of drug-likeness (QED) is 0.525. The number of aromatic hydroxyl groups is 1. The van der Waals surface area contributed by atoms with Crippen molar-refractivity contribution in [3.05, 3.63) is 35.4 Å². The summed E-state index contributed by atoms with van der Waals surface area (Å²) in [6, 6.07) is 4.30. The molecule has 1 aromatic rings. The van der Waals surface area contributed by atoms with Crippen LogP contribution >= 0.6 is 0 Å². The van der Waals surface area contributed by atoms with Crippen LogP contribution in [-0.2, 0) is 4.74 Å². The molecular weight excluding hydrogens is 372 g/mol. The van der Waals surface area contributed by atoms with Crippen LogP contribution < -0.4 is 4.74 Å². The number of carbonyl (C=O) groups is 1. The molecule has 0 bridgehead atoms. The molecule has 5 atom stereocenters. The van der Waals surface area contributed by atoms with E-state index < -0.39 is 23.8 Å². The summed E-state index contributed by atoms with van der Waals surface area (Å²) in [6.07, 6.45) is 2.37. The lowest BCUT2D eigenvalue weighted by molar-refractivity contribution is -0.104. The molecule has 1 aromatic carbocycles. The Labute approximate surface area is 172 Å². The number of rotatable bonds is 4. The minimum Gasteiger partial charge on any atom is -0.504 e. The molecule has 1 fully saturated rings. The van der Waals surface area contributed by atoms with Crippen molar-refractivity contribution in [2.45, 2.75) is 64.8 Å². The molecule has 0 spiro atoms. The summed E-state index contributed by atoms with van der Waals surface area (Å²) in [5.74, 6) is -0.783. The molecule has 29 heavy (non-hydrogen) atoms. The molecule has 2 aliphatic rings. The molecule has 0 amide bonds. The van der Waals surface area contributed by atoms with Crippen molar-refractivity contribution in [2.24, 2.45) is 17.3 Å². The standard InChI is InChI=1S/C23H32O6/c1-13(2)23(27)9-8-22(4)12-17(25)14(3)10-19(20(22)23)29-21(26)15-6-7-16(24)18(11-15)28-5/h6-7,10-11,13,17,19-20,24-25,27H,8-9,12H2,1-5H3/t17-,19-,20?,22+,23+/m0/s1. The average Bonchev–Trinajstić information content (AvgIpc) is 2.88. The van der Waals surface area contributed by atoms with Gasteiger partial charge in [0, 0.05) is 5.92 Å². The summed E-state index contributed by atoms with van der Waals surface area (Å²) < 4.78 is 11.0. The number of phenols is 1. The van der Waals surface area contributed by atoms with Gasteiger partial charge in [0.2, 0.25) is 0 Å². The molecule has 0 aliphatic heterocycles. The summed E-state index contributed by atoms with van der Waals surface area (Å²) >= 11 is 0. The number of hydrogen-bond donors (Lipinski definition) is 3. The molecule has 0 saturated heterocycles. The maximum absolute atomic E-state index is 12.9. The maximum Gasteiger partial charge on any atom is 0.338 e. The third-order valence-corrected chi connectivity index (χ3v) is 6.99. The van der Waals surface area contributed by atoms with Gasteiger partial charge in [-0.3, -0.25) is 0 Å². The summed E-state index contributed by atoms with van der Waals surface area (Å²) in [4.78, 5) is 12.9. The van der Waals surface area contributed by atoms with Crippen LogP contribution in [0, 0.1) is 17.3 Å². The van der Waals surface area contributed by atoms with Crippen LogP contribution in [0.4, 0.5) is 0 Å². The number of methoxy groups -OCH3 is 1. The number of phenolic OH excluding ortho intramolecular Hbond substituents is 1. The second-order valence-corrected chi connectivity index (χ2v) is 9.16. The number of esters is 1. The van der Waals surface area contributed by atoms with E-state index in [9.17, 15) is 20.1 Å². The molecule has 3 N–H and O–H groups in total. The minimum absolute atomic E-state index is 0.0201. The molecule has 6 heteroatoms. The number of ether oxygens (including phenoxy) is 2. The Morgan fingerprint density at radius 1 is 1.28 bits per heavy atom. The summed E-state index contributed by atoms with van der Waals surface area (Å²) in [5.41, 5.74) is -0.353. The molecule has 2 aliphatic carbocycles. The summed E-state index contributed by atoms with van der Waals surface area (Å²) in [5, 5.41) is 31.9. The lowest BCUT2D eigenvalue weighted by atomic mass is 9.67. The first-order valence-corrected chi connectivity index (χ1v) is 10.2. The van der Waals surface area contributed by atoms with E-state index in [0.717, 1.165) is 12.0 Å². The van der Waals surface area contributed by atoms with Crippen LogP contribution in [0.15, 0.2) is 29.8 Å². The Balaban J connectivity index is 1.99. The van der Waals surface area contributed by atoms with Gasteiger partial charge in [-0.15, -0.1) is 0 Å². The number of benzene rings is 1. The Morgan fingerprint density at radius 2 is 1.97 bits per heavy atom. The van der Waals surface area contributed by atoms with Crippen molar-refractivity contribution in [3.63, 3.8) is 0 Å². The van der Waals surface area contributed by atoms with Gasteiger partial charge in [0.25, 0.3) is 0 Å². The highest BCUT2D eigenvalue weighted by Crippen LogP contribution is 2.58. The number of aliphatic hydroxyl groups excluding tert-OH is 1. The first-order valence-electron chi connectivity index (χ1n) is 10.2. The van der Waals surface area contributed by atoms with Crippen molar-refractivity contribution in [2.75, 3.05) is 7.11 Å². The largest absolute Gasteiger partial charge is 0.504 e. The third kappa shape index (κ3) is 3.76. The van der Waals surface area contributed by atoms with Crippen LogP contribution in [0.1, 0.15) is 57.3 Å². The molecule has 1 saturated carbocycles. The van der Waals surface area contributed by atoms with Gasteiger partial charge in [-0.2, -0.15) is 0 Å². The molecular formula is C23H32O6. The zero-order valence-electron chi connectivity index (χ0n) is 17.8. The molecule has 0 heterocycles. The van der Waals surface area contributed by atoms with E-state index in [2.05, 4.69) is 6.92 Å². The van der Waals surface area contributed by atoms with Gasteiger partial charge < -0.3 is 24.8 Å². The lowest BCUT2D eigenvalue weighted by Crippen LogP contribution is -2.50. The zero-order chi connectivity index (χ0) is 21.6. The van der Waals surface area contributed by atoms with E-state index >= 15 is 0 Å². The van der Waals surface area contributed by atoms with Gasteiger partial charge in [0.1, 0.15) is 6.10 Å². The second-order valence-electron chi connectivity index (χ2n) is 9.16. The Hall–Kier alpha value is -2.05. The molecule has 3 rings (SSSR count). The van der Waals surface area contributed by atoms with Crippen LogP contribution in [-0.4, -0.2) is 46.2 Å². The number of aliphatic hydroxyl groups is 2. The fourth-order valence-electron chi connectivity index (χ4n) is 5.13. The monoisotopic (exact) mass is 404 g/mol. The minimum atomic E-state index is -0.993. The first-order chi connectivity index (χ1) is 13.5. The Bertz CT molecular complexity index is 816. The highest BCUT2D eigenvalue weighted by molar-refractivity contribution is 5.90. The van der Waals surface area contributed by atoms with E-state index in [4.69, 9.17) is 9.47 Å². The van der Waals surface area contributed by atoms with Crippen molar-refractivity contribution in [1.82, 2.24) is 0 Å². The van der Waals surface area contributed by atoms with Gasteiger partial charge >= 0.3 is 5.97 Å². The second kappa shape index (κ2) is 7.65. The van der Waals surface area contributed by atoms with Gasteiger partial charge in [-0.05, 0) is 67.4 Å². The Morgan fingerprint density at radius 3 is 2.59 bits per heavy atom. The smallest absolute Gasteiger partial charge is 0.338 e. The molecule has 160 valence electrons. The first kappa shape index (κ1) is 21.7. The third-order valence-electron chi connectivity index (χ3n) is 6.99. The van der Waals surface area contributed by atoms with Crippen molar-refractivity contribution < 1.29 is 29.6 Å². The maximum atomic E-state index is 12.9. The fraction of sp³-hybridized carbons (Fsp3) is 0.609. The summed E-state index contributed by atoms with van der Waals surface area (Å²) in [7, 11) is 1.41. The number of hydrogen-bond acceptors (Lipinski definition) is 6. The highest BCUT2D eigenvalue weighted by Gasteiger charge is 2.60. The lowest BCUT2D eigenvalue weighted by Gasteiger charge is -2.43. The van der Waals surface area contributed by atoms with Crippen LogP contribution in [0.5, 0.6) is 11.5 Å². The van der Waals surface area contributed by atoms with Crippen LogP contribution in [0.2, 0.25) is 0 Å². The molecule has 0 radical (unpaired) electrons. The van der Waals surface area contributed by atoms with E-state index in [1.807, 2.05) is 20.8 Å². The van der Waals surface area contributed by atoms with Crippen molar-refractivity contribution in [3.8, 4) is 11.5 Å². The van der Waals surface area contributed by atoms with E-state index in [0.29, 0.717) is 12.8 Å². The number of fused-ring (bicyclic) bond motifs is 1. The van der Waals surface area contributed by atoms with Crippen molar-refractivity contribution in [1.29, 1.82) is 0 Å². The highest BCUT2D eigenvalue weighted by atomic mass is 16.5. The van der Waals surface area contributed by atoms with E-state index in [-0.39, 0.29) is 34.3 Å². The van der Waals surface area contributed by atoms with Gasteiger partial charge in [-0.1, -0.05) is 20.8 Å². The predicted octanol–water partition coefficient (Wildman–Crippen LogP) is 3.44. The normalized spacial score (nSPS) is 34.3. The average molecular weight is 405 g/mol. The SMILES string of the molecule is COc1cc(C(=O)O[C@H]2C=C(C)[C@@H](O)C[C@@]3(C)CC[C@@](O)(C(C)C)C23)ccc1O. The van der Waals surface area contributed by atoms with Gasteiger partial charge in [-0.25, -0.2) is 4.79 Å². The predicted molar refractivity (Wildman–Crippen MR) is 109 cm³/mol. The zero-order valence-corrected chi connectivity index (χ0v) is 17.8. The van der Waals surface area contributed by atoms with Gasteiger partial charge in [0.05, 0.1) is 24.4 Å². The van der Waals surface area contributed by atoms with E-state index in [1.54, 1.807) is 6.08 Å². The van der Waals surface area contributed by atoms with Crippen LogP contribution in [0.3, 0.4) is 0 Å². The van der Waals surface area contributed by atoms with Gasteiger partial charge in [0.15, 0.2) is 11.5 Å². The topological polar surface area (TPSA) is 96.2 Å². The molecule has 1 unspecified atom stereocenters. The van der Waals surface area contributed by atoms with E-state index in [1.165, 1.54) is 25.3 Å². The molecule has 0 aromatic heterocycles. The fourth-order valence-corrected chi connectivity index (χ4v) is 5.13. The van der Waals surface area contributed by atoms with Crippen LogP contribution in [0.25, 0.3) is 0 Å². The van der Waals surface area contributed by atoms with Crippen molar-refractivity contribution >= 4 is 5.97 Å².